The second-order valence-corrected chi connectivity index (χ2v) is 6.49. The van der Waals surface area contributed by atoms with Crippen LogP contribution < -0.4 is 10.6 Å². The normalized spacial score (nSPS) is 11.6. The highest BCUT2D eigenvalue weighted by atomic mass is 16.5. The minimum Gasteiger partial charge on any atom is -0.361 e. The van der Waals surface area contributed by atoms with Crippen molar-refractivity contribution in [1.82, 2.24) is 25.6 Å². The quantitative estimate of drug-likeness (QED) is 0.464. The topological polar surface area (TPSA) is 80.3 Å². The summed E-state index contributed by atoms with van der Waals surface area (Å²) in [6.07, 6.45) is 5.46. The highest BCUT2D eigenvalue weighted by Crippen LogP contribution is 2.15. The van der Waals surface area contributed by atoms with Gasteiger partial charge >= 0.3 is 0 Å². The molecule has 7 nitrogen and oxygen atoms in total. The third-order valence-electron chi connectivity index (χ3n) is 4.72. The van der Waals surface area contributed by atoms with Crippen molar-refractivity contribution in [3.8, 4) is 0 Å². The highest BCUT2D eigenvalue weighted by molar-refractivity contribution is 5.79. The Hall–Kier alpha value is -3.09. The molecule has 3 rings (SSSR count). The van der Waals surface area contributed by atoms with Crippen LogP contribution in [-0.4, -0.2) is 27.9 Å². The Morgan fingerprint density at radius 3 is 2.54 bits per heavy atom. The third-order valence-corrected chi connectivity index (χ3v) is 4.72. The van der Waals surface area contributed by atoms with E-state index in [0.29, 0.717) is 13.1 Å². The molecular formula is C21H28N6O. The number of hydrogen-bond acceptors (Lipinski definition) is 4. The molecule has 0 saturated heterocycles. The summed E-state index contributed by atoms with van der Waals surface area (Å²) in [4.78, 5) is 4.34. The van der Waals surface area contributed by atoms with Crippen LogP contribution in [0.5, 0.6) is 0 Å². The molecule has 0 aliphatic heterocycles. The molecule has 3 aromatic rings. The van der Waals surface area contributed by atoms with Gasteiger partial charge < -0.3 is 15.2 Å². The Bertz CT molecular complexity index is 876. The lowest BCUT2D eigenvalue weighted by molar-refractivity contribution is 0.380. The van der Waals surface area contributed by atoms with Gasteiger partial charge in [0.25, 0.3) is 0 Å². The lowest BCUT2D eigenvalue weighted by Gasteiger charge is -2.14. The molecule has 28 heavy (non-hydrogen) atoms. The van der Waals surface area contributed by atoms with Crippen LogP contribution in [0.4, 0.5) is 0 Å². The summed E-state index contributed by atoms with van der Waals surface area (Å²) >= 11 is 0. The zero-order valence-electron chi connectivity index (χ0n) is 16.8. The van der Waals surface area contributed by atoms with Crippen molar-refractivity contribution in [1.29, 1.82) is 0 Å². The molecule has 1 aromatic carbocycles. The molecule has 2 N–H and O–H groups in total. The first-order valence-electron chi connectivity index (χ1n) is 9.70. The van der Waals surface area contributed by atoms with Gasteiger partial charge in [0.05, 0.1) is 12.2 Å². The van der Waals surface area contributed by atoms with Crippen molar-refractivity contribution in [2.24, 2.45) is 4.99 Å². The third kappa shape index (κ3) is 4.79. The Morgan fingerprint density at radius 2 is 1.86 bits per heavy atom. The van der Waals surface area contributed by atoms with E-state index in [1.165, 1.54) is 11.1 Å². The van der Waals surface area contributed by atoms with E-state index in [9.17, 15) is 0 Å². The molecule has 0 aliphatic rings. The Labute approximate surface area is 165 Å². The molecule has 0 aliphatic carbocycles. The molecule has 0 atom stereocenters. The highest BCUT2D eigenvalue weighted by Gasteiger charge is 2.13. The fourth-order valence-corrected chi connectivity index (χ4v) is 3.16. The largest absolute Gasteiger partial charge is 0.361 e. The second kappa shape index (κ2) is 9.73. The van der Waals surface area contributed by atoms with E-state index in [-0.39, 0.29) is 0 Å². The van der Waals surface area contributed by atoms with Gasteiger partial charge in [-0.2, -0.15) is 5.10 Å². The van der Waals surface area contributed by atoms with Crippen molar-refractivity contribution in [3.05, 3.63) is 70.9 Å². The number of rotatable bonds is 8. The standard InChI is InChI=1S/C21H28N6O/c1-4-19-18(20(5-2)28-26-19)14-24-21(22-3)23-13-16-9-6-7-10-17(16)15-27-12-8-11-25-27/h6-12H,4-5,13-15H2,1-3H3,(H2,22,23,24). The van der Waals surface area contributed by atoms with Gasteiger partial charge in [0, 0.05) is 44.5 Å². The van der Waals surface area contributed by atoms with Gasteiger partial charge in [-0.25, -0.2) is 0 Å². The van der Waals surface area contributed by atoms with E-state index < -0.39 is 0 Å². The maximum atomic E-state index is 5.44. The van der Waals surface area contributed by atoms with E-state index in [1.807, 2.05) is 16.9 Å². The fourth-order valence-electron chi connectivity index (χ4n) is 3.16. The molecule has 0 radical (unpaired) electrons. The van der Waals surface area contributed by atoms with Crippen LogP contribution in [-0.2, 0) is 32.5 Å². The first kappa shape index (κ1) is 19.7. The summed E-state index contributed by atoms with van der Waals surface area (Å²) in [5, 5.41) is 15.2. The first-order valence-corrected chi connectivity index (χ1v) is 9.70. The lowest BCUT2D eigenvalue weighted by Crippen LogP contribution is -2.36. The number of nitrogens with zero attached hydrogens (tertiary/aromatic N) is 4. The average molecular weight is 380 g/mol. The molecule has 0 saturated carbocycles. The summed E-state index contributed by atoms with van der Waals surface area (Å²) in [5.74, 6) is 1.68. The lowest BCUT2D eigenvalue weighted by atomic mass is 10.1. The maximum Gasteiger partial charge on any atom is 0.191 e. The molecule has 7 heteroatoms. The van der Waals surface area contributed by atoms with Crippen molar-refractivity contribution < 1.29 is 4.52 Å². The Balaban J connectivity index is 1.61. The predicted octanol–water partition coefficient (Wildman–Crippen LogP) is 2.91. The van der Waals surface area contributed by atoms with Gasteiger partial charge in [-0.1, -0.05) is 43.3 Å². The zero-order valence-corrected chi connectivity index (χ0v) is 16.8. The monoisotopic (exact) mass is 380 g/mol. The predicted molar refractivity (Wildman–Crippen MR) is 110 cm³/mol. The number of benzene rings is 1. The van der Waals surface area contributed by atoms with E-state index in [4.69, 9.17) is 4.52 Å². The van der Waals surface area contributed by atoms with E-state index in [1.54, 1.807) is 13.2 Å². The molecule has 0 fully saturated rings. The summed E-state index contributed by atoms with van der Waals surface area (Å²) in [5.41, 5.74) is 4.58. The van der Waals surface area contributed by atoms with Crippen molar-refractivity contribution in [2.45, 2.75) is 46.3 Å². The number of hydrogen-bond donors (Lipinski definition) is 2. The van der Waals surface area contributed by atoms with Gasteiger partial charge in [-0.05, 0) is 23.6 Å². The number of aryl methyl sites for hydroxylation is 2. The van der Waals surface area contributed by atoms with Crippen molar-refractivity contribution in [3.63, 3.8) is 0 Å². The summed E-state index contributed by atoms with van der Waals surface area (Å²) in [6, 6.07) is 10.3. The zero-order chi connectivity index (χ0) is 19.8. The SMILES string of the molecule is CCc1noc(CC)c1CNC(=NC)NCc1ccccc1Cn1cccn1. The average Bonchev–Trinajstić information content (AvgIpc) is 3.38. The number of aromatic nitrogens is 3. The molecule has 0 unspecified atom stereocenters. The Kier molecular flexibility index (Phi) is 6.84. The summed E-state index contributed by atoms with van der Waals surface area (Å²) < 4.78 is 7.37. The summed E-state index contributed by atoms with van der Waals surface area (Å²) in [7, 11) is 1.78. The molecule has 0 bridgehead atoms. The van der Waals surface area contributed by atoms with Crippen LogP contribution in [0.25, 0.3) is 0 Å². The van der Waals surface area contributed by atoms with Gasteiger partial charge in [0.1, 0.15) is 5.76 Å². The maximum absolute atomic E-state index is 5.44. The van der Waals surface area contributed by atoms with Crippen LogP contribution >= 0.6 is 0 Å². The van der Waals surface area contributed by atoms with E-state index in [0.717, 1.165) is 42.4 Å². The van der Waals surface area contributed by atoms with E-state index >= 15 is 0 Å². The second-order valence-electron chi connectivity index (χ2n) is 6.49. The minimum atomic E-state index is 0.643. The summed E-state index contributed by atoms with van der Waals surface area (Å²) in [6.45, 7) is 6.24. The number of nitrogens with one attached hydrogen (secondary N) is 2. The van der Waals surface area contributed by atoms with Crippen LogP contribution in [0.15, 0.2) is 52.2 Å². The van der Waals surface area contributed by atoms with Crippen LogP contribution in [0.2, 0.25) is 0 Å². The molecule has 0 spiro atoms. The fraction of sp³-hybridized carbons (Fsp3) is 0.381. The number of aliphatic imine (C=N–C) groups is 1. The number of guanidine groups is 1. The molecular weight excluding hydrogens is 352 g/mol. The molecule has 2 aromatic heterocycles. The first-order chi connectivity index (χ1) is 13.7. The molecule has 2 heterocycles. The Morgan fingerprint density at radius 1 is 1.07 bits per heavy atom. The van der Waals surface area contributed by atoms with Crippen LogP contribution in [0.3, 0.4) is 0 Å². The van der Waals surface area contributed by atoms with Gasteiger partial charge in [0.15, 0.2) is 5.96 Å². The minimum absolute atomic E-state index is 0.643. The van der Waals surface area contributed by atoms with Gasteiger partial charge in [0.2, 0.25) is 0 Å². The molecule has 148 valence electrons. The van der Waals surface area contributed by atoms with Crippen molar-refractivity contribution >= 4 is 5.96 Å². The van der Waals surface area contributed by atoms with E-state index in [2.05, 4.69) is 64.0 Å². The molecule has 0 amide bonds. The van der Waals surface area contributed by atoms with Gasteiger partial charge in [-0.3, -0.25) is 9.67 Å². The smallest absolute Gasteiger partial charge is 0.191 e. The van der Waals surface area contributed by atoms with Gasteiger partial charge in [-0.15, -0.1) is 0 Å². The van der Waals surface area contributed by atoms with Crippen LogP contribution in [0, 0.1) is 0 Å². The van der Waals surface area contributed by atoms with Crippen LogP contribution in [0.1, 0.15) is 42.0 Å². The van der Waals surface area contributed by atoms with Crippen molar-refractivity contribution in [2.75, 3.05) is 7.05 Å².